The van der Waals surface area contributed by atoms with Gasteiger partial charge >= 0.3 is 0 Å². The van der Waals surface area contributed by atoms with Crippen molar-refractivity contribution >= 4 is 17.6 Å². The fourth-order valence-corrected chi connectivity index (χ4v) is 3.79. The van der Waals surface area contributed by atoms with Gasteiger partial charge in [0.2, 0.25) is 0 Å². The van der Waals surface area contributed by atoms with Crippen LogP contribution in [0.2, 0.25) is 0 Å². The maximum Gasteiger partial charge on any atom is 0.253 e. The molecule has 1 amide bonds. The number of amides is 1. The lowest BCUT2D eigenvalue weighted by Gasteiger charge is -2.36. The number of hydrogen-bond acceptors (Lipinski definition) is 4. The molecule has 1 saturated heterocycles. The molecule has 0 aliphatic carbocycles. The van der Waals surface area contributed by atoms with Gasteiger partial charge in [-0.05, 0) is 47.4 Å². The van der Waals surface area contributed by atoms with Crippen molar-refractivity contribution in [2.45, 2.75) is 6.42 Å². The molecule has 0 radical (unpaired) electrons. The highest BCUT2D eigenvalue weighted by Crippen LogP contribution is 2.20. The summed E-state index contributed by atoms with van der Waals surface area (Å²) in [6.45, 7) is 2.67. The number of carbonyl (C=O) groups is 2. The monoisotopic (exact) mass is 399 g/mol. The third-order valence-electron chi connectivity index (χ3n) is 5.46. The molecule has 1 fully saturated rings. The standard InChI is InChI=1S/C25H24N2O3/c28-24(21-7-4-8-22(18-21)25(29)30)27-15-13-26(14-16-27)23-11-9-20(10-12-23)17-19-5-2-1-3-6-19/h1-12,18H,13-17H2,(H,29,30)/p-1. The smallest absolute Gasteiger partial charge is 0.253 e. The number of hydrogen-bond donors (Lipinski definition) is 0. The Morgan fingerprint density at radius 2 is 1.37 bits per heavy atom. The second-order valence-corrected chi connectivity index (χ2v) is 7.48. The van der Waals surface area contributed by atoms with Crippen molar-refractivity contribution in [3.05, 3.63) is 101 Å². The zero-order chi connectivity index (χ0) is 20.9. The second-order valence-electron chi connectivity index (χ2n) is 7.48. The number of anilines is 1. The average molecular weight is 399 g/mol. The number of carboxylic acid groups (broad SMARTS) is 1. The number of aromatic carboxylic acids is 1. The van der Waals surface area contributed by atoms with Crippen LogP contribution in [0.4, 0.5) is 5.69 Å². The Morgan fingerprint density at radius 3 is 2.03 bits per heavy atom. The SMILES string of the molecule is O=C([O-])c1cccc(C(=O)N2CCN(c3ccc(Cc4ccccc4)cc3)CC2)c1. The van der Waals surface area contributed by atoms with E-state index in [1.54, 1.807) is 17.0 Å². The summed E-state index contributed by atoms with van der Waals surface area (Å²) in [4.78, 5) is 27.8. The van der Waals surface area contributed by atoms with Crippen molar-refractivity contribution in [3.63, 3.8) is 0 Å². The van der Waals surface area contributed by atoms with E-state index >= 15 is 0 Å². The van der Waals surface area contributed by atoms with Crippen LogP contribution in [-0.2, 0) is 6.42 Å². The van der Waals surface area contributed by atoms with Crippen LogP contribution in [0.3, 0.4) is 0 Å². The molecule has 0 bridgehead atoms. The molecule has 1 aliphatic heterocycles. The lowest BCUT2D eigenvalue weighted by Crippen LogP contribution is -2.48. The summed E-state index contributed by atoms with van der Waals surface area (Å²) in [6, 6.07) is 25.0. The largest absolute Gasteiger partial charge is 0.545 e. The molecule has 1 heterocycles. The van der Waals surface area contributed by atoms with Crippen molar-refractivity contribution in [1.29, 1.82) is 0 Å². The van der Waals surface area contributed by atoms with Gasteiger partial charge in [0.05, 0.1) is 5.97 Å². The minimum Gasteiger partial charge on any atom is -0.545 e. The van der Waals surface area contributed by atoms with Crippen molar-refractivity contribution in [2.24, 2.45) is 0 Å². The maximum absolute atomic E-state index is 12.7. The number of benzene rings is 3. The van der Waals surface area contributed by atoms with E-state index in [0.29, 0.717) is 18.7 Å². The number of piperazine rings is 1. The fourth-order valence-electron chi connectivity index (χ4n) is 3.79. The van der Waals surface area contributed by atoms with Crippen LogP contribution in [0.15, 0.2) is 78.9 Å². The maximum atomic E-state index is 12.7. The Hall–Kier alpha value is -3.60. The predicted octanol–water partition coefficient (Wildman–Crippen LogP) is 2.60. The van der Waals surface area contributed by atoms with Crippen LogP contribution in [0.5, 0.6) is 0 Å². The minimum absolute atomic E-state index is 0.0232. The van der Waals surface area contributed by atoms with Gasteiger partial charge in [0.15, 0.2) is 0 Å². The number of nitrogens with zero attached hydrogens (tertiary/aromatic N) is 2. The summed E-state index contributed by atoms with van der Waals surface area (Å²) in [5, 5.41) is 11.0. The van der Waals surface area contributed by atoms with Gasteiger partial charge in [0.25, 0.3) is 5.91 Å². The molecule has 0 saturated carbocycles. The van der Waals surface area contributed by atoms with Crippen LogP contribution in [0.1, 0.15) is 31.8 Å². The summed E-state index contributed by atoms with van der Waals surface area (Å²) in [6.07, 6.45) is 0.911. The molecule has 0 N–H and O–H groups in total. The van der Waals surface area contributed by atoms with Crippen LogP contribution in [-0.4, -0.2) is 43.0 Å². The fraction of sp³-hybridized carbons (Fsp3) is 0.200. The lowest BCUT2D eigenvalue weighted by atomic mass is 10.0. The molecule has 152 valence electrons. The lowest BCUT2D eigenvalue weighted by molar-refractivity contribution is -0.255. The Labute approximate surface area is 176 Å². The van der Waals surface area contributed by atoms with Gasteiger partial charge in [-0.15, -0.1) is 0 Å². The van der Waals surface area contributed by atoms with Crippen LogP contribution < -0.4 is 10.0 Å². The van der Waals surface area contributed by atoms with E-state index < -0.39 is 5.97 Å². The Balaban J connectivity index is 1.35. The van der Waals surface area contributed by atoms with Gasteiger partial charge in [0.1, 0.15) is 0 Å². The summed E-state index contributed by atoms with van der Waals surface area (Å²) in [5.41, 5.74) is 4.12. The molecule has 0 unspecified atom stereocenters. The van der Waals surface area contributed by atoms with Crippen LogP contribution >= 0.6 is 0 Å². The Morgan fingerprint density at radius 1 is 0.733 bits per heavy atom. The molecule has 3 aromatic carbocycles. The third-order valence-corrected chi connectivity index (χ3v) is 5.46. The van der Waals surface area contributed by atoms with E-state index in [2.05, 4.69) is 53.4 Å². The molecule has 0 spiro atoms. The molecule has 4 rings (SSSR count). The van der Waals surface area contributed by atoms with Gasteiger partial charge in [-0.25, -0.2) is 0 Å². The molecular formula is C25H23N2O3-. The van der Waals surface area contributed by atoms with E-state index in [0.717, 1.165) is 25.2 Å². The number of carbonyl (C=O) groups excluding carboxylic acids is 2. The van der Waals surface area contributed by atoms with Crippen molar-refractivity contribution in [1.82, 2.24) is 4.90 Å². The second kappa shape index (κ2) is 8.82. The van der Waals surface area contributed by atoms with Gasteiger partial charge in [-0.2, -0.15) is 0 Å². The predicted molar refractivity (Wildman–Crippen MR) is 115 cm³/mol. The van der Waals surface area contributed by atoms with E-state index in [-0.39, 0.29) is 11.5 Å². The number of rotatable bonds is 5. The van der Waals surface area contributed by atoms with Crippen LogP contribution in [0, 0.1) is 0 Å². The van der Waals surface area contributed by atoms with Crippen LogP contribution in [0.25, 0.3) is 0 Å². The molecule has 3 aromatic rings. The molecule has 5 nitrogen and oxygen atoms in total. The van der Waals surface area contributed by atoms with Gasteiger partial charge < -0.3 is 19.7 Å². The van der Waals surface area contributed by atoms with E-state index in [9.17, 15) is 14.7 Å². The van der Waals surface area contributed by atoms with Gasteiger partial charge in [-0.3, -0.25) is 4.79 Å². The van der Waals surface area contributed by atoms with E-state index in [1.165, 1.54) is 23.3 Å². The summed E-state index contributed by atoms with van der Waals surface area (Å²) >= 11 is 0. The molecule has 0 aromatic heterocycles. The quantitative estimate of drug-likeness (QED) is 0.662. The molecule has 0 atom stereocenters. The van der Waals surface area contributed by atoms with Crippen molar-refractivity contribution in [3.8, 4) is 0 Å². The molecular weight excluding hydrogens is 376 g/mol. The Bertz CT molecular complexity index is 1020. The Kier molecular flexibility index (Phi) is 5.80. The first-order chi connectivity index (χ1) is 14.6. The van der Waals surface area contributed by atoms with E-state index in [4.69, 9.17) is 0 Å². The summed E-state index contributed by atoms with van der Waals surface area (Å²) in [5.74, 6) is -1.42. The highest BCUT2D eigenvalue weighted by atomic mass is 16.4. The highest BCUT2D eigenvalue weighted by Gasteiger charge is 2.22. The zero-order valence-electron chi connectivity index (χ0n) is 16.7. The first-order valence-electron chi connectivity index (χ1n) is 10.1. The normalized spacial score (nSPS) is 13.9. The molecule has 5 heteroatoms. The van der Waals surface area contributed by atoms with Gasteiger partial charge in [0, 0.05) is 37.4 Å². The zero-order valence-corrected chi connectivity index (χ0v) is 16.7. The topological polar surface area (TPSA) is 63.7 Å². The third kappa shape index (κ3) is 4.51. The van der Waals surface area contributed by atoms with Gasteiger partial charge in [-0.1, -0.05) is 54.6 Å². The average Bonchev–Trinajstić information content (AvgIpc) is 2.80. The van der Waals surface area contributed by atoms with E-state index in [1.807, 2.05) is 6.07 Å². The molecule has 1 aliphatic rings. The molecule has 30 heavy (non-hydrogen) atoms. The van der Waals surface area contributed by atoms with Crippen molar-refractivity contribution < 1.29 is 14.7 Å². The first kappa shape index (κ1) is 19.7. The van der Waals surface area contributed by atoms with Crippen molar-refractivity contribution in [2.75, 3.05) is 31.1 Å². The minimum atomic E-state index is -1.27. The highest BCUT2D eigenvalue weighted by molar-refractivity contribution is 5.97. The summed E-state index contributed by atoms with van der Waals surface area (Å²) < 4.78 is 0. The first-order valence-corrected chi connectivity index (χ1v) is 10.1. The number of carboxylic acids is 1. The summed E-state index contributed by atoms with van der Waals surface area (Å²) in [7, 11) is 0.